The SMILES string of the molecule is CC(Cc1ccco1)NC1CCCC(C(C)C)CC1. The molecule has 1 aromatic heterocycles. The molecule has 1 aliphatic carbocycles. The second-order valence-corrected chi connectivity index (χ2v) is 6.56. The Bertz CT molecular complexity index is 344. The minimum absolute atomic E-state index is 0.506. The molecule has 0 bridgehead atoms. The first-order valence-corrected chi connectivity index (χ1v) is 7.93. The summed E-state index contributed by atoms with van der Waals surface area (Å²) >= 11 is 0. The number of hydrogen-bond acceptors (Lipinski definition) is 2. The molecule has 108 valence electrons. The van der Waals surface area contributed by atoms with Gasteiger partial charge in [0, 0.05) is 18.5 Å². The van der Waals surface area contributed by atoms with E-state index in [-0.39, 0.29) is 0 Å². The van der Waals surface area contributed by atoms with Gasteiger partial charge in [0.2, 0.25) is 0 Å². The van der Waals surface area contributed by atoms with Crippen LogP contribution in [0.5, 0.6) is 0 Å². The van der Waals surface area contributed by atoms with E-state index in [0.29, 0.717) is 12.1 Å². The van der Waals surface area contributed by atoms with E-state index in [1.807, 2.05) is 6.07 Å². The van der Waals surface area contributed by atoms with Crippen LogP contribution in [0.3, 0.4) is 0 Å². The van der Waals surface area contributed by atoms with Gasteiger partial charge in [0.25, 0.3) is 0 Å². The molecule has 0 aliphatic heterocycles. The lowest BCUT2D eigenvalue weighted by Crippen LogP contribution is -2.37. The van der Waals surface area contributed by atoms with Gasteiger partial charge in [0.05, 0.1) is 6.26 Å². The average Bonchev–Trinajstić information content (AvgIpc) is 2.73. The quantitative estimate of drug-likeness (QED) is 0.796. The van der Waals surface area contributed by atoms with Crippen LogP contribution in [0.1, 0.15) is 58.6 Å². The van der Waals surface area contributed by atoms with Gasteiger partial charge in [-0.25, -0.2) is 0 Å². The van der Waals surface area contributed by atoms with Gasteiger partial charge in [-0.2, -0.15) is 0 Å². The third kappa shape index (κ3) is 4.68. The molecule has 0 aromatic carbocycles. The molecule has 0 amide bonds. The summed E-state index contributed by atoms with van der Waals surface area (Å²) in [6, 6.07) is 5.25. The first kappa shape index (κ1) is 14.6. The van der Waals surface area contributed by atoms with Gasteiger partial charge in [-0.1, -0.05) is 26.7 Å². The summed E-state index contributed by atoms with van der Waals surface area (Å²) in [4.78, 5) is 0. The van der Waals surface area contributed by atoms with Crippen molar-refractivity contribution >= 4 is 0 Å². The van der Waals surface area contributed by atoms with Crippen LogP contribution in [0.15, 0.2) is 22.8 Å². The zero-order valence-corrected chi connectivity index (χ0v) is 12.7. The second-order valence-electron chi connectivity index (χ2n) is 6.56. The maximum atomic E-state index is 5.43. The van der Waals surface area contributed by atoms with Gasteiger partial charge in [0.15, 0.2) is 0 Å². The highest BCUT2D eigenvalue weighted by Crippen LogP contribution is 2.29. The van der Waals surface area contributed by atoms with Crippen molar-refractivity contribution in [1.82, 2.24) is 5.32 Å². The van der Waals surface area contributed by atoms with Crippen molar-refractivity contribution in [3.63, 3.8) is 0 Å². The summed E-state index contributed by atoms with van der Waals surface area (Å²) in [5.74, 6) is 2.88. The van der Waals surface area contributed by atoms with E-state index >= 15 is 0 Å². The molecule has 0 radical (unpaired) electrons. The second kappa shape index (κ2) is 7.14. The molecule has 1 saturated carbocycles. The molecule has 1 N–H and O–H groups in total. The van der Waals surface area contributed by atoms with Crippen molar-refractivity contribution in [2.24, 2.45) is 11.8 Å². The molecular formula is C17H29NO. The first-order valence-electron chi connectivity index (χ1n) is 7.93. The van der Waals surface area contributed by atoms with Gasteiger partial charge in [0.1, 0.15) is 5.76 Å². The summed E-state index contributed by atoms with van der Waals surface area (Å²) in [6.07, 6.45) is 9.63. The van der Waals surface area contributed by atoms with Crippen molar-refractivity contribution in [1.29, 1.82) is 0 Å². The zero-order valence-electron chi connectivity index (χ0n) is 12.7. The lowest BCUT2D eigenvalue weighted by molar-refractivity contribution is 0.333. The van der Waals surface area contributed by atoms with E-state index in [2.05, 4.69) is 32.2 Å². The zero-order chi connectivity index (χ0) is 13.7. The summed E-state index contributed by atoms with van der Waals surface area (Å²) in [5.41, 5.74) is 0. The van der Waals surface area contributed by atoms with Crippen LogP contribution >= 0.6 is 0 Å². The van der Waals surface area contributed by atoms with Gasteiger partial charge >= 0.3 is 0 Å². The lowest BCUT2D eigenvalue weighted by Gasteiger charge is -2.22. The highest BCUT2D eigenvalue weighted by atomic mass is 16.3. The van der Waals surface area contributed by atoms with Crippen molar-refractivity contribution in [2.75, 3.05) is 0 Å². The van der Waals surface area contributed by atoms with E-state index in [4.69, 9.17) is 4.42 Å². The van der Waals surface area contributed by atoms with Gasteiger partial charge in [-0.15, -0.1) is 0 Å². The fourth-order valence-electron chi connectivity index (χ4n) is 3.36. The number of hydrogen-bond donors (Lipinski definition) is 1. The first-order chi connectivity index (χ1) is 9.15. The number of nitrogens with one attached hydrogen (secondary N) is 1. The van der Waals surface area contributed by atoms with Crippen LogP contribution in [-0.2, 0) is 6.42 Å². The molecule has 19 heavy (non-hydrogen) atoms. The molecule has 0 spiro atoms. The largest absolute Gasteiger partial charge is 0.469 e. The average molecular weight is 263 g/mol. The van der Waals surface area contributed by atoms with Crippen molar-refractivity contribution in [3.8, 4) is 0 Å². The van der Waals surface area contributed by atoms with Gasteiger partial charge < -0.3 is 9.73 Å². The van der Waals surface area contributed by atoms with E-state index in [9.17, 15) is 0 Å². The maximum Gasteiger partial charge on any atom is 0.105 e. The number of rotatable bonds is 5. The molecule has 1 aromatic rings. The summed E-state index contributed by atoms with van der Waals surface area (Å²) in [5, 5.41) is 3.80. The normalized spacial score (nSPS) is 26.3. The Hall–Kier alpha value is -0.760. The minimum atomic E-state index is 0.506. The molecule has 2 heteroatoms. The van der Waals surface area contributed by atoms with E-state index in [1.54, 1.807) is 6.26 Å². The Balaban J connectivity index is 1.76. The topological polar surface area (TPSA) is 25.2 Å². The molecule has 2 rings (SSSR count). The smallest absolute Gasteiger partial charge is 0.105 e. The highest BCUT2D eigenvalue weighted by Gasteiger charge is 2.21. The summed E-state index contributed by atoms with van der Waals surface area (Å²) in [6.45, 7) is 7.02. The molecule has 3 atom stereocenters. The van der Waals surface area contributed by atoms with Crippen LogP contribution in [0, 0.1) is 11.8 Å². The maximum absolute atomic E-state index is 5.43. The van der Waals surface area contributed by atoms with Crippen molar-refractivity contribution in [2.45, 2.75) is 71.4 Å². The number of furan rings is 1. The van der Waals surface area contributed by atoms with Crippen LogP contribution in [0.25, 0.3) is 0 Å². The van der Waals surface area contributed by atoms with Gasteiger partial charge in [-0.3, -0.25) is 0 Å². The molecule has 1 fully saturated rings. The van der Waals surface area contributed by atoms with Gasteiger partial charge in [-0.05, 0) is 50.2 Å². The van der Waals surface area contributed by atoms with E-state index in [0.717, 1.165) is 24.0 Å². The predicted octanol–water partition coefficient (Wildman–Crippen LogP) is 4.41. The van der Waals surface area contributed by atoms with E-state index in [1.165, 1.54) is 32.1 Å². The van der Waals surface area contributed by atoms with Crippen molar-refractivity contribution in [3.05, 3.63) is 24.2 Å². The van der Waals surface area contributed by atoms with Crippen LogP contribution in [0.4, 0.5) is 0 Å². The fourth-order valence-corrected chi connectivity index (χ4v) is 3.36. The highest BCUT2D eigenvalue weighted by molar-refractivity contribution is 5.00. The standard InChI is InChI=1S/C17H29NO/c1-13(2)15-6-4-7-16(10-9-15)18-14(3)12-17-8-5-11-19-17/h5,8,11,13-16,18H,4,6-7,9-10,12H2,1-3H3. The Morgan fingerprint density at radius 1 is 1.21 bits per heavy atom. The molecule has 2 nitrogen and oxygen atoms in total. The summed E-state index contributed by atoms with van der Waals surface area (Å²) < 4.78 is 5.43. The molecular weight excluding hydrogens is 234 g/mol. The third-order valence-electron chi connectivity index (χ3n) is 4.56. The molecule has 3 unspecified atom stereocenters. The Morgan fingerprint density at radius 2 is 2.05 bits per heavy atom. The lowest BCUT2D eigenvalue weighted by atomic mass is 9.89. The third-order valence-corrected chi connectivity index (χ3v) is 4.56. The van der Waals surface area contributed by atoms with Crippen molar-refractivity contribution < 1.29 is 4.42 Å². The molecule has 1 aliphatic rings. The van der Waals surface area contributed by atoms with E-state index < -0.39 is 0 Å². The molecule has 0 saturated heterocycles. The Kier molecular flexibility index (Phi) is 5.50. The summed E-state index contributed by atoms with van der Waals surface area (Å²) in [7, 11) is 0. The Morgan fingerprint density at radius 3 is 2.74 bits per heavy atom. The van der Waals surface area contributed by atoms with Crippen LogP contribution in [0.2, 0.25) is 0 Å². The minimum Gasteiger partial charge on any atom is -0.469 e. The van der Waals surface area contributed by atoms with Crippen LogP contribution in [-0.4, -0.2) is 12.1 Å². The Labute approximate surface area is 118 Å². The van der Waals surface area contributed by atoms with Crippen LogP contribution < -0.4 is 5.32 Å². The monoisotopic (exact) mass is 263 g/mol. The molecule has 1 heterocycles. The predicted molar refractivity (Wildman–Crippen MR) is 80.2 cm³/mol. The fraction of sp³-hybridized carbons (Fsp3) is 0.765.